The predicted octanol–water partition coefficient (Wildman–Crippen LogP) is 5.04. The lowest BCUT2D eigenvalue weighted by molar-refractivity contribution is -0.992. The van der Waals surface area contributed by atoms with Gasteiger partial charge in [0.05, 0.1) is 19.3 Å². The summed E-state index contributed by atoms with van der Waals surface area (Å²) < 4.78 is 5.36. The fraction of sp³-hybridized carbons (Fsp3) is 0.176. The SMILES string of the molecule is c1ccc2c(c1)Cc1cccc3[n+]1C1(C2)c2c(cc4c(c2C3)-c2ccccc2C4)Cc2cccc[n+]21. The van der Waals surface area contributed by atoms with Crippen LogP contribution in [0.4, 0.5) is 0 Å². The number of rotatable bonds is 0. The van der Waals surface area contributed by atoms with Gasteiger partial charge in [-0.3, -0.25) is 0 Å². The molecule has 3 aromatic carbocycles. The highest BCUT2D eigenvalue weighted by Gasteiger charge is 2.63. The monoisotopic (exact) mass is 462 g/mol. The van der Waals surface area contributed by atoms with Gasteiger partial charge in [-0.1, -0.05) is 60.7 Å². The number of pyridine rings is 2. The second-order valence-corrected chi connectivity index (χ2v) is 11.0. The summed E-state index contributed by atoms with van der Waals surface area (Å²) in [7, 11) is 0. The van der Waals surface area contributed by atoms with E-state index >= 15 is 0 Å². The van der Waals surface area contributed by atoms with E-state index in [1.165, 1.54) is 56.0 Å². The highest BCUT2D eigenvalue weighted by atomic mass is 15.3. The molecular formula is C34H26N2+2. The lowest BCUT2D eigenvalue weighted by atomic mass is 9.74. The van der Waals surface area contributed by atoms with Crippen LogP contribution in [0, 0.1) is 0 Å². The van der Waals surface area contributed by atoms with Gasteiger partial charge in [-0.15, -0.1) is 9.13 Å². The largest absolute Gasteiger partial charge is 0.393 e. The Hall–Kier alpha value is -4.04. The van der Waals surface area contributed by atoms with Crippen LogP contribution in [0.2, 0.25) is 0 Å². The van der Waals surface area contributed by atoms with Crippen LogP contribution in [0.5, 0.6) is 0 Å². The minimum Gasteiger partial charge on any atom is -0.134 e. The van der Waals surface area contributed by atoms with Crippen LogP contribution >= 0.6 is 0 Å². The molecule has 0 bridgehead atoms. The molecule has 0 saturated heterocycles. The normalized spacial score (nSPS) is 19.2. The van der Waals surface area contributed by atoms with Gasteiger partial charge >= 0.3 is 5.66 Å². The Balaban J connectivity index is 1.48. The zero-order valence-corrected chi connectivity index (χ0v) is 20.2. The third-order valence-electron chi connectivity index (χ3n) is 9.18. The average Bonchev–Trinajstić information content (AvgIpc) is 3.20. The van der Waals surface area contributed by atoms with Crippen molar-refractivity contribution in [2.45, 2.75) is 37.8 Å². The van der Waals surface area contributed by atoms with Crippen molar-refractivity contribution < 1.29 is 9.13 Å². The molecule has 4 aliphatic rings. The molecule has 0 N–H and O–H groups in total. The van der Waals surface area contributed by atoms with Gasteiger partial charge in [0.2, 0.25) is 0 Å². The maximum Gasteiger partial charge on any atom is 0.393 e. The standard InChI is InChI=1S/C34H26N2/c1-2-10-24-21-34-33-26(19-27-11-5-6-15-35(27)34)17-25-16-23-9-3-4-14-30(23)32(25)31(33)20-29-13-7-12-28(36(29)34)18-22(24)8-1/h1-15,17H,16,18-21H2/q+2. The van der Waals surface area contributed by atoms with Crippen LogP contribution in [0.15, 0.2) is 97.2 Å². The van der Waals surface area contributed by atoms with E-state index in [0.717, 1.165) is 32.1 Å². The van der Waals surface area contributed by atoms with Gasteiger partial charge in [-0.2, -0.15) is 0 Å². The zero-order valence-electron chi connectivity index (χ0n) is 20.2. The first kappa shape index (κ1) is 19.2. The molecule has 1 atom stereocenters. The molecule has 0 radical (unpaired) electrons. The molecule has 2 heteroatoms. The van der Waals surface area contributed by atoms with Gasteiger partial charge in [-0.25, -0.2) is 0 Å². The number of fused-ring (bicyclic) bond motifs is 6. The first-order valence-corrected chi connectivity index (χ1v) is 13.2. The van der Waals surface area contributed by atoms with Crippen molar-refractivity contribution in [1.29, 1.82) is 0 Å². The number of nitrogens with zero attached hydrogens (tertiary/aromatic N) is 2. The first-order valence-electron chi connectivity index (χ1n) is 13.2. The van der Waals surface area contributed by atoms with Gasteiger partial charge in [0.25, 0.3) is 0 Å². The second-order valence-electron chi connectivity index (χ2n) is 11.0. The molecule has 2 nitrogen and oxygen atoms in total. The van der Waals surface area contributed by atoms with E-state index in [4.69, 9.17) is 0 Å². The molecule has 5 heterocycles. The van der Waals surface area contributed by atoms with Crippen LogP contribution in [0.25, 0.3) is 11.1 Å². The van der Waals surface area contributed by atoms with Crippen molar-refractivity contribution in [3.63, 3.8) is 0 Å². The first-order chi connectivity index (χ1) is 17.8. The van der Waals surface area contributed by atoms with Crippen LogP contribution in [-0.2, 0) is 37.8 Å². The van der Waals surface area contributed by atoms with Crippen molar-refractivity contribution in [1.82, 2.24) is 0 Å². The predicted molar refractivity (Wildman–Crippen MR) is 139 cm³/mol. The molecule has 1 unspecified atom stereocenters. The average molecular weight is 463 g/mol. The molecule has 1 spiro atoms. The highest BCUT2D eigenvalue weighted by molar-refractivity contribution is 5.82. The topological polar surface area (TPSA) is 7.76 Å². The molecule has 0 amide bonds. The van der Waals surface area contributed by atoms with E-state index in [1.807, 2.05) is 0 Å². The summed E-state index contributed by atoms with van der Waals surface area (Å²) in [6.07, 6.45) is 7.34. The van der Waals surface area contributed by atoms with Gasteiger partial charge in [0.15, 0.2) is 23.3 Å². The van der Waals surface area contributed by atoms with Gasteiger partial charge in [0, 0.05) is 24.3 Å². The third kappa shape index (κ3) is 2.24. The summed E-state index contributed by atoms with van der Waals surface area (Å²) in [6.45, 7) is 0. The van der Waals surface area contributed by atoms with Crippen LogP contribution in [0.1, 0.15) is 56.0 Å². The molecule has 1 aliphatic carbocycles. The summed E-state index contributed by atoms with van der Waals surface area (Å²) in [5, 5.41) is 0. The van der Waals surface area contributed by atoms with Crippen molar-refractivity contribution in [3.05, 3.63) is 153 Å². The van der Waals surface area contributed by atoms with E-state index in [1.54, 1.807) is 11.1 Å². The summed E-state index contributed by atoms with van der Waals surface area (Å²) in [5.41, 5.74) is 17.5. The molecule has 3 aliphatic heterocycles. The van der Waals surface area contributed by atoms with E-state index < -0.39 is 0 Å². The maximum absolute atomic E-state index is 2.73. The van der Waals surface area contributed by atoms with Crippen molar-refractivity contribution >= 4 is 0 Å². The smallest absolute Gasteiger partial charge is 0.134 e. The van der Waals surface area contributed by atoms with E-state index in [2.05, 4.69) is 106 Å². The maximum atomic E-state index is 2.73. The fourth-order valence-corrected chi connectivity index (χ4v) is 7.95. The quantitative estimate of drug-likeness (QED) is 0.280. The Morgan fingerprint density at radius 2 is 1.28 bits per heavy atom. The fourth-order valence-electron chi connectivity index (χ4n) is 7.95. The minimum absolute atomic E-state index is 0.289. The van der Waals surface area contributed by atoms with Crippen molar-refractivity contribution in [2.75, 3.05) is 0 Å². The zero-order chi connectivity index (χ0) is 23.4. The summed E-state index contributed by atoms with van der Waals surface area (Å²) >= 11 is 0. The van der Waals surface area contributed by atoms with Gasteiger partial charge in [0.1, 0.15) is 12.0 Å². The summed E-state index contributed by atoms with van der Waals surface area (Å²) in [4.78, 5) is 0. The molecule has 5 aromatic rings. The molecule has 170 valence electrons. The molecule has 36 heavy (non-hydrogen) atoms. The van der Waals surface area contributed by atoms with E-state index in [0.29, 0.717) is 0 Å². The van der Waals surface area contributed by atoms with Crippen molar-refractivity contribution in [3.8, 4) is 11.1 Å². The highest BCUT2D eigenvalue weighted by Crippen LogP contribution is 2.48. The summed E-state index contributed by atoms with van der Waals surface area (Å²) in [6, 6.07) is 34.6. The molecule has 0 saturated carbocycles. The second kappa shape index (κ2) is 6.59. The Morgan fingerprint density at radius 3 is 2.19 bits per heavy atom. The van der Waals surface area contributed by atoms with E-state index in [9.17, 15) is 0 Å². The van der Waals surface area contributed by atoms with E-state index in [-0.39, 0.29) is 5.66 Å². The number of hydrogen-bond donors (Lipinski definition) is 0. The summed E-state index contributed by atoms with van der Waals surface area (Å²) in [5.74, 6) is 0. The Labute approximate surface area is 211 Å². The Kier molecular flexibility index (Phi) is 3.51. The van der Waals surface area contributed by atoms with Gasteiger partial charge < -0.3 is 0 Å². The lowest BCUT2D eigenvalue weighted by Gasteiger charge is -2.36. The lowest BCUT2D eigenvalue weighted by Crippen LogP contribution is -2.80. The minimum atomic E-state index is -0.289. The van der Waals surface area contributed by atoms with Gasteiger partial charge in [-0.05, 0) is 57.0 Å². The molecule has 9 rings (SSSR count). The van der Waals surface area contributed by atoms with Crippen molar-refractivity contribution in [2.24, 2.45) is 0 Å². The molecule has 0 fully saturated rings. The number of aromatic nitrogens is 2. The third-order valence-corrected chi connectivity index (χ3v) is 9.18. The van der Waals surface area contributed by atoms with Crippen LogP contribution in [0.3, 0.4) is 0 Å². The number of hydrogen-bond acceptors (Lipinski definition) is 0. The Bertz CT molecular complexity index is 1780. The van der Waals surface area contributed by atoms with Crippen LogP contribution < -0.4 is 9.13 Å². The van der Waals surface area contributed by atoms with Crippen LogP contribution in [-0.4, -0.2) is 0 Å². The molecular weight excluding hydrogens is 436 g/mol. The number of benzene rings is 3. The Morgan fingerprint density at radius 1 is 0.556 bits per heavy atom. The molecule has 2 aromatic heterocycles.